The van der Waals surface area contributed by atoms with Crippen LogP contribution in [0, 0.1) is 0 Å². The van der Waals surface area contributed by atoms with Crippen LogP contribution >= 0.6 is 11.3 Å². The van der Waals surface area contributed by atoms with E-state index in [1.807, 2.05) is 36.4 Å². The Balaban J connectivity index is 1.39. The Morgan fingerprint density at radius 3 is 2.62 bits per heavy atom. The second kappa shape index (κ2) is 8.32. The fraction of sp³-hybridized carbons (Fsp3) is 0.190. The number of esters is 1. The number of hydrogen-bond acceptors (Lipinski definition) is 7. The highest BCUT2D eigenvalue weighted by Gasteiger charge is 2.29. The summed E-state index contributed by atoms with van der Waals surface area (Å²) < 4.78 is 16.5. The highest BCUT2D eigenvalue weighted by molar-refractivity contribution is 7.14. The van der Waals surface area contributed by atoms with E-state index < -0.39 is 12.1 Å². The van der Waals surface area contributed by atoms with E-state index in [-0.39, 0.29) is 19.1 Å². The van der Waals surface area contributed by atoms with Crippen LogP contribution in [0.1, 0.15) is 12.6 Å². The molecule has 2 heterocycles. The van der Waals surface area contributed by atoms with Gasteiger partial charge in [0, 0.05) is 12.3 Å². The number of ether oxygens (including phenoxy) is 3. The summed E-state index contributed by atoms with van der Waals surface area (Å²) in [4.78, 5) is 30.4. The molecule has 0 fully saturated rings. The third kappa shape index (κ3) is 4.22. The fourth-order valence-corrected chi connectivity index (χ4v) is 3.71. The number of nitrogens with zero attached hydrogens (tertiary/aromatic N) is 2. The summed E-state index contributed by atoms with van der Waals surface area (Å²) in [5.41, 5.74) is 1.28. The minimum Gasteiger partial charge on any atom is -0.485 e. The standard InChI is InChI=1S/C21H18N2O5S/c1-14(24)23(16-7-3-2-4-8-16)21-22-15(13-29-21)11-27-20(25)19-12-26-17-9-5-6-10-18(17)28-19/h2-10,13,19H,11-12H2,1H3/t19-/m0/s1. The van der Waals surface area contributed by atoms with E-state index in [0.29, 0.717) is 22.3 Å². The smallest absolute Gasteiger partial charge is 0.351 e. The Hall–Kier alpha value is -3.39. The number of amides is 1. The second-order valence-electron chi connectivity index (χ2n) is 6.28. The number of rotatable bonds is 5. The summed E-state index contributed by atoms with van der Waals surface area (Å²) in [5, 5.41) is 2.27. The van der Waals surface area contributed by atoms with Gasteiger partial charge in [-0.3, -0.25) is 9.69 Å². The number of carbonyl (C=O) groups is 2. The van der Waals surface area contributed by atoms with Gasteiger partial charge in [0.15, 0.2) is 16.6 Å². The number of fused-ring (bicyclic) bond motifs is 1. The van der Waals surface area contributed by atoms with Crippen molar-refractivity contribution < 1.29 is 23.8 Å². The minimum absolute atomic E-state index is 0.0165. The maximum absolute atomic E-state index is 12.3. The normalized spacial score (nSPS) is 14.9. The first-order valence-electron chi connectivity index (χ1n) is 8.97. The molecule has 1 aliphatic rings. The molecule has 3 aromatic rings. The van der Waals surface area contributed by atoms with Crippen molar-refractivity contribution in [2.75, 3.05) is 11.5 Å². The van der Waals surface area contributed by atoms with Gasteiger partial charge in [-0.05, 0) is 24.3 Å². The molecule has 0 saturated heterocycles. The Labute approximate surface area is 171 Å². The van der Waals surface area contributed by atoms with E-state index in [9.17, 15) is 9.59 Å². The maximum Gasteiger partial charge on any atom is 0.351 e. The first-order valence-corrected chi connectivity index (χ1v) is 9.85. The number of para-hydroxylation sites is 3. The summed E-state index contributed by atoms with van der Waals surface area (Å²) in [6.07, 6.45) is -0.832. The summed E-state index contributed by atoms with van der Waals surface area (Å²) in [6, 6.07) is 16.4. The predicted molar refractivity (Wildman–Crippen MR) is 108 cm³/mol. The molecule has 29 heavy (non-hydrogen) atoms. The first kappa shape index (κ1) is 18.9. The van der Waals surface area contributed by atoms with Gasteiger partial charge in [0.25, 0.3) is 0 Å². The van der Waals surface area contributed by atoms with E-state index in [4.69, 9.17) is 14.2 Å². The molecular formula is C21H18N2O5S. The first-order chi connectivity index (χ1) is 14.1. The zero-order chi connectivity index (χ0) is 20.2. The summed E-state index contributed by atoms with van der Waals surface area (Å²) in [5.74, 6) is 0.434. The van der Waals surface area contributed by atoms with E-state index in [1.54, 1.807) is 23.6 Å². The van der Waals surface area contributed by atoms with Gasteiger partial charge in [0.05, 0.1) is 11.4 Å². The molecular weight excluding hydrogens is 392 g/mol. The minimum atomic E-state index is -0.832. The van der Waals surface area contributed by atoms with Crippen molar-refractivity contribution in [3.05, 3.63) is 65.7 Å². The van der Waals surface area contributed by atoms with Gasteiger partial charge in [0.2, 0.25) is 12.0 Å². The van der Waals surface area contributed by atoms with Crippen LogP contribution in [0.4, 0.5) is 10.8 Å². The molecule has 0 aliphatic carbocycles. The Bertz CT molecular complexity index is 1020. The lowest BCUT2D eigenvalue weighted by atomic mass is 10.2. The fourth-order valence-electron chi connectivity index (χ4n) is 2.84. The summed E-state index contributed by atoms with van der Waals surface area (Å²) >= 11 is 1.31. The van der Waals surface area contributed by atoms with Crippen LogP contribution in [0.25, 0.3) is 0 Å². The van der Waals surface area contributed by atoms with Crippen molar-refractivity contribution >= 4 is 34.0 Å². The van der Waals surface area contributed by atoms with Crippen molar-refractivity contribution in [3.63, 3.8) is 0 Å². The van der Waals surface area contributed by atoms with Gasteiger partial charge in [0.1, 0.15) is 13.2 Å². The highest BCUT2D eigenvalue weighted by Crippen LogP contribution is 2.31. The maximum atomic E-state index is 12.3. The van der Waals surface area contributed by atoms with Crippen LogP contribution in [0.15, 0.2) is 60.0 Å². The third-order valence-electron chi connectivity index (χ3n) is 4.19. The molecule has 0 saturated carbocycles. The van der Waals surface area contributed by atoms with Crippen molar-refractivity contribution in [3.8, 4) is 11.5 Å². The van der Waals surface area contributed by atoms with Gasteiger partial charge in [-0.2, -0.15) is 0 Å². The number of thiazole rings is 1. The lowest BCUT2D eigenvalue weighted by Crippen LogP contribution is -2.37. The molecule has 0 bridgehead atoms. The number of hydrogen-bond donors (Lipinski definition) is 0. The molecule has 4 rings (SSSR count). The summed E-state index contributed by atoms with van der Waals surface area (Å²) in [6.45, 7) is 1.55. The average Bonchev–Trinajstić information content (AvgIpc) is 3.20. The van der Waals surface area contributed by atoms with Crippen molar-refractivity contribution in [2.45, 2.75) is 19.6 Å². The zero-order valence-corrected chi connectivity index (χ0v) is 16.4. The van der Waals surface area contributed by atoms with E-state index in [0.717, 1.165) is 5.69 Å². The molecule has 1 aromatic heterocycles. The van der Waals surface area contributed by atoms with Gasteiger partial charge in [-0.25, -0.2) is 9.78 Å². The molecule has 7 nitrogen and oxygen atoms in total. The van der Waals surface area contributed by atoms with Crippen molar-refractivity contribution in [2.24, 2.45) is 0 Å². The monoisotopic (exact) mass is 410 g/mol. The topological polar surface area (TPSA) is 78.0 Å². The van der Waals surface area contributed by atoms with Crippen LogP contribution < -0.4 is 14.4 Å². The number of aromatic nitrogens is 1. The molecule has 0 radical (unpaired) electrons. The zero-order valence-electron chi connectivity index (χ0n) is 15.6. The van der Waals surface area contributed by atoms with E-state index in [1.165, 1.54) is 23.2 Å². The summed E-state index contributed by atoms with van der Waals surface area (Å²) in [7, 11) is 0. The number of anilines is 2. The van der Waals surface area contributed by atoms with Gasteiger partial charge >= 0.3 is 5.97 Å². The van der Waals surface area contributed by atoms with Crippen molar-refractivity contribution in [1.29, 1.82) is 0 Å². The lowest BCUT2D eigenvalue weighted by Gasteiger charge is -2.24. The lowest BCUT2D eigenvalue weighted by molar-refractivity contribution is -0.156. The Morgan fingerprint density at radius 2 is 1.86 bits per heavy atom. The van der Waals surface area contributed by atoms with Crippen LogP contribution in [-0.2, 0) is 20.9 Å². The SMILES string of the molecule is CC(=O)N(c1ccccc1)c1nc(COC(=O)[C@@H]2COc3ccccc3O2)cs1. The molecule has 1 atom stereocenters. The molecule has 2 aromatic carbocycles. The predicted octanol–water partition coefficient (Wildman–Crippen LogP) is 3.71. The van der Waals surface area contributed by atoms with E-state index >= 15 is 0 Å². The van der Waals surface area contributed by atoms with Gasteiger partial charge in [-0.1, -0.05) is 30.3 Å². The van der Waals surface area contributed by atoms with Crippen LogP contribution in [0.3, 0.4) is 0 Å². The Kier molecular flexibility index (Phi) is 5.44. The second-order valence-corrected chi connectivity index (χ2v) is 7.12. The van der Waals surface area contributed by atoms with E-state index in [2.05, 4.69) is 4.98 Å². The average molecular weight is 410 g/mol. The van der Waals surface area contributed by atoms with Crippen LogP contribution in [0.2, 0.25) is 0 Å². The molecule has 8 heteroatoms. The molecule has 0 unspecified atom stereocenters. The van der Waals surface area contributed by atoms with Crippen LogP contribution in [-0.4, -0.2) is 29.6 Å². The van der Waals surface area contributed by atoms with Gasteiger partial charge in [-0.15, -0.1) is 11.3 Å². The molecule has 1 amide bonds. The van der Waals surface area contributed by atoms with Crippen molar-refractivity contribution in [1.82, 2.24) is 4.98 Å². The third-order valence-corrected chi connectivity index (χ3v) is 5.07. The number of carbonyl (C=O) groups excluding carboxylic acids is 2. The largest absolute Gasteiger partial charge is 0.485 e. The van der Waals surface area contributed by atoms with Crippen LogP contribution in [0.5, 0.6) is 11.5 Å². The van der Waals surface area contributed by atoms with Gasteiger partial charge < -0.3 is 14.2 Å². The number of benzene rings is 2. The Morgan fingerprint density at radius 1 is 1.14 bits per heavy atom. The molecule has 0 N–H and O–H groups in total. The quantitative estimate of drug-likeness (QED) is 0.597. The molecule has 0 spiro atoms. The highest BCUT2D eigenvalue weighted by atomic mass is 32.1. The molecule has 1 aliphatic heterocycles. The molecule has 148 valence electrons.